The van der Waals surface area contributed by atoms with Crippen LogP contribution < -0.4 is 4.72 Å². The minimum Gasteiger partial charge on any atom is -0.462 e. The molecule has 0 amide bonds. The molecule has 1 N–H and O–H groups in total. The highest BCUT2D eigenvalue weighted by Gasteiger charge is 2.25. The van der Waals surface area contributed by atoms with E-state index in [4.69, 9.17) is 16.3 Å². The van der Waals surface area contributed by atoms with Crippen molar-refractivity contribution >= 4 is 49.9 Å². The molecule has 3 aromatic carbocycles. The molecular formula is C25H22ClN3O6S. The Morgan fingerprint density at radius 3 is 2.44 bits per heavy atom. The number of anilines is 1. The molecule has 9 nitrogen and oxygen atoms in total. The number of nitrogens with one attached hydrogen (secondary N) is 1. The van der Waals surface area contributed by atoms with Crippen LogP contribution >= 0.6 is 11.6 Å². The van der Waals surface area contributed by atoms with Crippen LogP contribution in [0.5, 0.6) is 0 Å². The first kappa shape index (κ1) is 25.2. The van der Waals surface area contributed by atoms with E-state index >= 15 is 0 Å². The van der Waals surface area contributed by atoms with Gasteiger partial charge in [0.05, 0.1) is 38.2 Å². The maximum atomic E-state index is 13.0. The van der Waals surface area contributed by atoms with Gasteiger partial charge in [-0.1, -0.05) is 35.4 Å². The Morgan fingerprint density at radius 1 is 1.11 bits per heavy atom. The third-order valence-electron chi connectivity index (χ3n) is 5.62. The van der Waals surface area contributed by atoms with Crippen LogP contribution in [0.3, 0.4) is 0 Å². The van der Waals surface area contributed by atoms with Crippen molar-refractivity contribution in [2.45, 2.75) is 25.7 Å². The highest BCUT2D eigenvalue weighted by molar-refractivity contribution is 7.92. The summed E-state index contributed by atoms with van der Waals surface area (Å²) in [5, 5.41) is 11.7. The van der Waals surface area contributed by atoms with E-state index in [2.05, 4.69) is 4.72 Å². The number of ether oxygens (including phenoxy) is 1. The molecule has 0 unspecified atom stereocenters. The maximum absolute atomic E-state index is 13.0. The molecular weight excluding hydrogens is 506 g/mol. The monoisotopic (exact) mass is 527 g/mol. The van der Waals surface area contributed by atoms with Crippen molar-refractivity contribution in [3.05, 3.63) is 92.6 Å². The van der Waals surface area contributed by atoms with Crippen LogP contribution in [0.2, 0.25) is 5.02 Å². The molecule has 36 heavy (non-hydrogen) atoms. The predicted octanol–water partition coefficient (Wildman–Crippen LogP) is 5.79. The van der Waals surface area contributed by atoms with E-state index < -0.39 is 20.9 Å². The van der Waals surface area contributed by atoms with Gasteiger partial charge in [-0.2, -0.15) is 0 Å². The summed E-state index contributed by atoms with van der Waals surface area (Å²) >= 11 is 6.66. The van der Waals surface area contributed by atoms with Crippen LogP contribution in [-0.2, 0) is 14.8 Å². The number of rotatable bonds is 7. The standard InChI is InChI=1S/C25H22ClN3O6S/c1-4-35-25(30)23-16(3)28(18-10-8-15(2)9-11-18)24-21(23)12-17(13-22(24)26)27-36(33,34)20-7-5-6-19(14-20)29(31)32/h5-14,27H,4H2,1-3H3. The first-order valence-corrected chi connectivity index (χ1v) is 12.8. The van der Waals surface area contributed by atoms with Gasteiger partial charge in [-0.25, -0.2) is 13.2 Å². The molecule has 4 aromatic rings. The van der Waals surface area contributed by atoms with Crippen LogP contribution in [0.15, 0.2) is 65.6 Å². The third-order valence-corrected chi connectivity index (χ3v) is 7.28. The molecule has 0 saturated carbocycles. The molecule has 0 fully saturated rings. The molecule has 0 spiro atoms. The highest BCUT2D eigenvalue weighted by Crippen LogP contribution is 2.37. The lowest BCUT2D eigenvalue weighted by Crippen LogP contribution is -2.13. The van der Waals surface area contributed by atoms with Crippen molar-refractivity contribution in [3.63, 3.8) is 0 Å². The van der Waals surface area contributed by atoms with Crippen molar-refractivity contribution in [2.75, 3.05) is 11.3 Å². The zero-order valence-corrected chi connectivity index (χ0v) is 21.2. The number of carbonyl (C=O) groups excluding carboxylic acids is 1. The van der Waals surface area contributed by atoms with Gasteiger partial charge in [-0.05, 0) is 51.1 Å². The number of aryl methyl sites for hydroxylation is 1. The summed E-state index contributed by atoms with van der Waals surface area (Å²) in [5.74, 6) is -0.569. The number of hydrogen-bond donors (Lipinski definition) is 1. The van der Waals surface area contributed by atoms with Crippen LogP contribution in [0.4, 0.5) is 11.4 Å². The SMILES string of the molecule is CCOC(=O)c1c(C)n(-c2ccc(C)cc2)c2c(Cl)cc(NS(=O)(=O)c3cccc([N+](=O)[O-])c3)cc12. The molecule has 0 saturated heterocycles. The minimum absolute atomic E-state index is 0.0885. The Kier molecular flexibility index (Phi) is 6.75. The Bertz CT molecular complexity index is 1610. The topological polar surface area (TPSA) is 121 Å². The summed E-state index contributed by atoms with van der Waals surface area (Å²) in [4.78, 5) is 23.0. The zero-order valence-electron chi connectivity index (χ0n) is 19.6. The van der Waals surface area contributed by atoms with Crippen LogP contribution in [0, 0.1) is 24.0 Å². The fourth-order valence-electron chi connectivity index (χ4n) is 4.01. The largest absolute Gasteiger partial charge is 0.462 e. The highest BCUT2D eigenvalue weighted by atomic mass is 35.5. The molecule has 186 valence electrons. The average molecular weight is 528 g/mol. The zero-order chi connectivity index (χ0) is 26.2. The number of nitrogens with zero attached hydrogens (tertiary/aromatic N) is 2. The van der Waals surface area contributed by atoms with Gasteiger partial charge < -0.3 is 9.30 Å². The molecule has 0 bridgehead atoms. The first-order chi connectivity index (χ1) is 17.0. The summed E-state index contributed by atoms with van der Waals surface area (Å²) in [5.41, 5.74) is 2.90. The van der Waals surface area contributed by atoms with Gasteiger partial charge in [0, 0.05) is 28.9 Å². The van der Waals surface area contributed by atoms with Gasteiger partial charge in [0.1, 0.15) is 0 Å². The number of halogens is 1. The number of nitro benzene ring substituents is 1. The van der Waals surface area contributed by atoms with E-state index in [1.54, 1.807) is 13.8 Å². The van der Waals surface area contributed by atoms with Crippen molar-refractivity contribution < 1.29 is 22.9 Å². The third kappa shape index (κ3) is 4.65. The predicted molar refractivity (Wildman–Crippen MR) is 138 cm³/mol. The molecule has 0 radical (unpaired) electrons. The summed E-state index contributed by atoms with van der Waals surface area (Å²) in [7, 11) is -4.19. The van der Waals surface area contributed by atoms with Crippen molar-refractivity contribution in [3.8, 4) is 5.69 Å². The molecule has 0 atom stereocenters. The minimum atomic E-state index is -4.19. The smallest absolute Gasteiger partial charge is 0.340 e. The number of carbonyl (C=O) groups is 1. The van der Waals surface area contributed by atoms with Gasteiger partial charge in [0.2, 0.25) is 0 Å². The normalized spacial score (nSPS) is 11.4. The summed E-state index contributed by atoms with van der Waals surface area (Å²) in [6.45, 7) is 5.57. The number of esters is 1. The molecule has 0 aliphatic heterocycles. The fourth-order valence-corrected chi connectivity index (χ4v) is 5.39. The van der Waals surface area contributed by atoms with Gasteiger partial charge >= 0.3 is 5.97 Å². The molecule has 4 rings (SSSR count). The molecule has 0 aliphatic carbocycles. The lowest BCUT2D eigenvalue weighted by molar-refractivity contribution is -0.385. The number of non-ortho nitro benzene ring substituents is 1. The Labute approximate surface area is 212 Å². The Morgan fingerprint density at radius 2 is 1.81 bits per heavy atom. The van der Waals surface area contributed by atoms with Gasteiger partial charge in [0.25, 0.3) is 15.7 Å². The summed E-state index contributed by atoms with van der Waals surface area (Å²) < 4.78 is 35.5. The maximum Gasteiger partial charge on any atom is 0.340 e. The van der Waals surface area contributed by atoms with E-state index in [0.717, 1.165) is 17.3 Å². The molecule has 0 aliphatic rings. The van der Waals surface area contributed by atoms with Crippen LogP contribution in [0.1, 0.15) is 28.5 Å². The number of nitro groups is 1. The second kappa shape index (κ2) is 9.63. The van der Waals surface area contributed by atoms with Gasteiger partial charge in [-0.15, -0.1) is 0 Å². The van der Waals surface area contributed by atoms with Crippen LogP contribution in [0.25, 0.3) is 16.6 Å². The number of hydrogen-bond acceptors (Lipinski definition) is 6. The van der Waals surface area contributed by atoms with Crippen molar-refractivity contribution in [1.29, 1.82) is 0 Å². The Balaban J connectivity index is 1.89. The summed E-state index contributed by atoms with van der Waals surface area (Å²) in [6, 6.07) is 15.3. The lowest BCUT2D eigenvalue weighted by atomic mass is 10.1. The van der Waals surface area contributed by atoms with Crippen LogP contribution in [-0.4, -0.2) is 30.5 Å². The van der Waals surface area contributed by atoms with E-state index in [1.165, 1.54) is 30.3 Å². The van der Waals surface area contributed by atoms with Crippen molar-refractivity contribution in [1.82, 2.24) is 4.57 Å². The van der Waals surface area contributed by atoms with E-state index in [-0.39, 0.29) is 33.5 Å². The van der Waals surface area contributed by atoms with E-state index in [1.807, 2.05) is 35.8 Å². The van der Waals surface area contributed by atoms with E-state index in [0.29, 0.717) is 16.6 Å². The molecule has 11 heteroatoms. The number of benzene rings is 3. The second-order valence-corrected chi connectivity index (χ2v) is 10.2. The molecule has 1 aromatic heterocycles. The lowest BCUT2D eigenvalue weighted by Gasteiger charge is -2.12. The molecule has 1 heterocycles. The van der Waals surface area contributed by atoms with Gasteiger partial charge in [0.15, 0.2) is 0 Å². The number of fused-ring (bicyclic) bond motifs is 1. The quantitative estimate of drug-likeness (QED) is 0.184. The van der Waals surface area contributed by atoms with Crippen molar-refractivity contribution in [2.24, 2.45) is 0 Å². The second-order valence-electron chi connectivity index (χ2n) is 8.07. The number of aromatic nitrogens is 1. The first-order valence-electron chi connectivity index (χ1n) is 10.9. The van der Waals surface area contributed by atoms with Gasteiger partial charge in [-0.3, -0.25) is 14.8 Å². The summed E-state index contributed by atoms with van der Waals surface area (Å²) in [6.07, 6.45) is 0. The van der Waals surface area contributed by atoms with E-state index in [9.17, 15) is 23.3 Å². The average Bonchev–Trinajstić information content (AvgIpc) is 3.12. The Hall–Kier alpha value is -3.89. The number of sulfonamides is 1. The fraction of sp³-hybridized carbons (Fsp3) is 0.160.